The van der Waals surface area contributed by atoms with Gasteiger partial charge >= 0.3 is 0 Å². The fourth-order valence-corrected chi connectivity index (χ4v) is 3.99. The molecule has 1 amide bonds. The van der Waals surface area contributed by atoms with Crippen molar-refractivity contribution in [2.75, 3.05) is 20.1 Å². The molecule has 0 spiro atoms. The van der Waals surface area contributed by atoms with Crippen molar-refractivity contribution in [1.82, 2.24) is 10.2 Å². The van der Waals surface area contributed by atoms with Crippen LogP contribution in [0.3, 0.4) is 0 Å². The Morgan fingerprint density at radius 1 is 1.39 bits per heavy atom. The Morgan fingerprint density at radius 3 is 2.83 bits per heavy atom. The maximum atomic E-state index is 12.9. The van der Waals surface area contributed by atoms with Crippen LogP contribution >= 0.6 is 0 Å². The van der Waals surface area contributed by atoms with E-state index in [9.17, 15) is 4.79 Å². The maximum absolute atomic E-state index is 12.9. The summed E-state index contributed by atoms with van der Waals surface area (Å²) >= 11 is 0. The second kappa shape index (κ2) is 6.64. The normalized spacial score (nSPS) is 26.7. The van der Waals surface area contributed by atoms with E-state index in [4.69, 9.17) is 0 Å². The predicted octanol–water partition coefficient (Wildman–Crippen LogP) is 3.16. The lowest BCUT2D eigenvalue weighted by molar-refractivity contribution is -0.127. The molecule has 1 N–H and O–H groups in total. The summed E-state index contributed by atoms with van der Waals surface area (Å²) in [5, 5.41) is 3.41. The molecule has 2 unspecified atom stereocenters. The van der Waals surface area contributed by atoms with Crippen molar-refractivity contribution in [1.29, 1.82) is 0 Å². The van der Waals surface area contributed by atoms with Gasteiger partial charge in [-0.15, -0.1) is 0 Å². The standard InChI is InChI=1S/C20H30N2O/c1-4-17-14-22(3)11-8-18(17)21-19(23)20(9-10-20)13-16-7-5-6-15(2)12-16/h5-7,12,17-18H,4,8-11,13-14H2,1-3H3,(H,21,23). The SMILES string of the molecule is CCC1CN(C)CCC1NC(=O)C1(Cc2cccc(C)c2)CC1. The highest BCUT2D eigenvalue weighted by Crippen LogP contribution is 2.49. The highest BCUT2D eigenvalue weighted by molar-refractivity contribution is 5.86. The van der Waals surface area contributed by atoms with E-state index in [0.29, 0.717) is 17.9 Å². The number of nitrogens with one attached hydrogen (secondary N) is 1. The molecule has 2 aliphatic rings. The third-order valence-electron chi connectivity index (χ3n) is 5.74. The van der Waals surface area contributed by atoms with Crippen LogP contribution in [0, 0.1) is 18.3 Å². The van der Waals surface area contributed by atoms with Crippen molar-refractivity contribution in [2.24, 2.45) is 11.3 Å². The molecule has 1 aliphatic heterocycles. The summed E-state index contributed by atoms with van der Waals surface area (Å²) in [7, 11) is 2.18. The molecule has 1 aromatic rings. The summed E-state index contributed by atoms with van der Waals surface area (Å²) in [6, 6.07) is 8.96. The molecule has 3 heteroatoms. The third kappa shape index (κ3) is 3.77. The first kappa shape index (κ1) is 16.5. The van der Waals surface area contributed by atoms with Crippen molar-refractivity contribution in [3.05, 3.63) is 35.4 Å². The number of rotatable bonds is 5. The number of carbonyl (C=O) groups excluding carboxylic acids is 1. The van der Waals surface area contributed by atoms with Crippen LogP contribution in [-0.2, 0) is 11.2 Å². The van der Waals surface area contributed by atoms with Gasteiger partial charge in [0.15, 0.2) is 0 Å². The average Bonchev–Trinajstić information content (AvgIpc) is 3.30. The molecule has 1 saturated heterocycles. The molecule has 1 heterocycles. The van der Waals surface area contributed by atoms with Crippen LogP contribution in [0.5, 0.6) is 0 Å². The number of carbonyl (C=O) groups is 1. The fraction of sp³-hybridized carbons (Fsp3) is 0.650. The first-order valence-electron chi connectivity index (χ1n) is 9.07. The van der Waals surface area contributed by atoms with Crippen LogP contribution < -0.4 is 5.32 Å². The Morgan fingerprint density at radius 2 is 2.17 bits per heavy atom. The Bertz CT molecular complexity index is 565. The zero-order chi connectivity index (χ0) is 16.4. The van der Waals surface area contributed by atoms with Gasteiger partial charge < -0.3 is 10.2 Å². The molecule has 23 heavy (non-hydrogen) atoms. The van der Waals surface area contributed by atoms with Gasteiger partial charge in [0.05, 0.1) is 5.41 Å². The first-order valence-corrected chi connectivity index (χ1v) is 9.07. The van der Waals surface area contributed by atoms with Crippen LogP contribution in [0.2, 0.25) is 0 Å². The average molecular weight is 314 g/mol. The Hall–Kier alpha value is -1.35. The van der Waals surface area contributed by atoms with Gasteiger partial charge in [-0.2, -0.15) is 0 Å². The topological polar surface area (TPSA) is 32.3 Å². The van der Waals surface area contributed by atoms with E-state index < -0.39 is 0 Å². The van der Waals surface area contributed by atoms with Gasteiger partial charge in [0.25, 0.3) is 0 Å². The highest BCUT2D eigenvalue weighted by atomic mass is 16.2. The van der Waals surface area contributed by atoms with Gasteiger partial charge in [0.1, 0.15) is 0 Å². The largest absolute Gasteiger partial charge is 0.353 e. The van der Waals surface area contributed by atoms with Gasteiger partial charge in [-0.25, -0.2) is 0 Å². The number of benzene rings is 1. The van der Waals surface area contributed by atoms with Gasteiger partial charge in [-0.05, 0) is 57.7 Å². The van der Waals surface area contributed by atoms with Crippen molar-refractivity contribution in [2.45, 2.75) is 52.0 Å². The minimum atomic E-state index is -0.130. The number of aryl methyl sites for hydroxylation is 1. The van der Waals surface area contributed by atoms with E-state index >= 15 is 0 Å². The van der Waals surface area contributed by atoms with E-state index in [1.54, 1.807) is 0 Å². The third-order valence-corrected chi connectivity index (χ3v) is 5.74. The van der Waals surface area contributed by atoms with E-state index in [2.05, 4.69) is 55.4 Å². The second-order valence-electron chi connectivity index (χ2n) is 7.75. The van der Waals surface area contributed by atoms with Crippen LogP contribution in [0.15, 0.2) is 24.3 Å². The van der Waals surface area contributed by atoms with Crippen molar-refractivity contribution < 1.29 is 4.79 Å². The molecule has 2 fully saturated rings. The van der Waals surface area contributed by atoms with Crippen LogP contribution in [0.25, 0.3) is 0 Å². The number of hydrogen-bond donors (Lipinski definition) is 1. The van der Waals surface area contributed by atoms with Gasteiger partial charge in [0, 0.05) is 12.6 Å². The minimum absolute atomic E-state index is 0.130. The monoisotopic (exact) mass is 314 g/mol. The molecular formula is C20H30N2O. The predicted molar refractivity (Wildman–Crippen MR) is 94.4 cm³/mol. The molecule has 1 aliphatic carbocycles. The smallest absolute Gasteiger partial charge is 0.226 e. The first-order chi connectivity index (χ1) is 11.0. The van der Waals surface area contributed by atoms with E-state index in [-0.39, 0.29) is 5.41 Å². The lowest BCUT2D eigenvalue weighted by atomic mass is 9.88. The fourth-order valence-electron chi connectivity index (χ4n) is 3.99. The summed E-state index contributed by atoms with van der Waals surface area (Å²) in [4.78, 5) is 15.3. The van der Waals surface area contributed by atoms with E-state index in [1.165, 1.54) is 11.1 Å². The number of amides is 1. The van der Waals surface area contributed by atoms with Crippen molar-refractivity contribution in [3.63, 3.8) is 0 Å². The Labute approximate surface area is 140 Å². The van der Waals surface area contributed by atoms with E-state index in [1.807, 2.05) is 0 Å². The summed E-state index contributed by atoms with van der Waals surface area (Å²) < 4.78 is 0. The molecule has 0 bridgehead atoms. The molecule has 3 rings (SSSR count). The highest BCUT2D eigenvalue weighted by Gasteiger charge is 2.50. The quantitative estimate of drug-likeness (QED) is 0.905. The molecule has 0 radical (unpaired) electrons. The van der Waals surface area contributed by atoms with Gasteiger partial charge in [-0.3, -0.25) is 4.79 Å². The number of hydrogen-bond acceptors (Lipinski definition) is 2. The van der Waals surface area contributed by atoms with Gasteiger partial charge in [0.2, 0.25) is 5.91 Å². The maximum Gasteiger partial charge on any atom is 0.226 e. The molecule has 0 aromatic heterocycles. The van der Waals surface area contributed by atoms with Crippen LogP contribution in [-0.4, -0.2) is 37.0 Å². The van der Waals surface area contributed by atoms with Gasteiger partial charge in [-0.1, -0.05) is 43.2 Å². The molecule has 1 aromatic carbocycles. The summed E-state index contributed by atoms with van der Waals surface area (Å²) in [5.41, 5.74) is 2.45. The van der Waals surface area contributed by atoms with Crippen LogP contribution in [0.4, 0.5) is 0 Å². The number of nitrogens with zero attached hydrogens (tertiary/aromatic N) is 1. The lowest BCUT2D eigenvalue weighted by Gasteiger charge is -2.37. The lowest BCUT2D eigenvalue weighted by Crippen LogP contribution is -2.51. The summed E-state index contributed by atoms with van der Waals surface area (Å²) in [5.74, 6) is 0.888. The van der Waals surface area contributed by atoms with E-state index in [0.717, 1.165) is 45.2 Å². The zero-order valence-electron chi connectivity index (χ0n) is 14.8. The number of piperidine rings is 1. The van der Waals surface area contributed by atoms with Crippen molar-refractivity contribution >= 4 is 5.91 Å². The second-order valence-corrected chi connectivity index (χ2v) is 7.75. The molecule has 3 nitrogen and oxygen atoms in total. The summed E-state index contributed by atoms with van der Waals surface area (Å²) in [6.45, 7) is 6.55. The molecule has 2 atom stereocenters. The van der Waals surface area contributed by atoms with Crippen molar-refractivity contribution in [3.8, 4) is 0 Å². The molecule has 126 valence electrons. The zero-order valence-corrected chi connectivity index (χ0v) is 14.8. The Balaban J connectivity index is 1.63. The number of likely N-dealkylation sites (tertiary alicyclic amines) is 1. The molecular weight excluding hydrogens is 284 g/mol. The minimum Gasteiger partial charge on any atom is -0.353 e. The summed E-state index contributed by atoms with van der Waals surface area (Å²) in [6.07, 6.45) is 5.19. The molecule has 1 saturated carbocycles. The van der Waals surface area contributed by atoms with Crippen LogP contribution in [0.1, 0.15) is 43.7 Å². The Kier molecular flexibility index (Phi) is 4.77.